The number of pyridine rings is 1. The van der Waals surface area contributed by atoms with Crippen LogP contribution in [0.15, 0.2) is 18.3 Å². The van der Waals surface area contributed by atoms with Gasteiger partial charge in [0.05, 0.1) is 0 Å². The standard InChI is InChI=1S/C22H37N3O2/c1-8-17(4)25(21(26)27-22(5,6)7)20-18(12-11-14-23-20)19-13-9-10-15-24(19)16(2)3/h11-12,14,16-17,19H,8-10,13,15H2,1-7H3/t17-,19+/m0/s1. The topological polar surface area (TPSA) is 45.7 Å². The predicted molar refractivity (Wildman–Crippen MR) is 111 cm³/mol. The Kier molecular flexibility index (Phi) is 7.26. The van der Waals surface area contributed by atoms with Gasteiger partial charge in [-0.15, -0.1) is 0 Å². The van der Waals surface area contributed by atoms with Crippen molar-refractivity contribution in [1.82, 2.24) is 9.88 Å². The molecule has 0 radical (unpaired) electrons. The molecule has 1 aromatic rings. The molecule has 0 unspecified atom stereocenters. The predicted octanol–water partition coefficient (Wildman–Crippen LogP) is 5.56. The number of aromatic nitrogens is 1. The number of carbonyl (C=O) groups is 1. The third-order valence-corrected chi connectivity index (χ3v) is 5.23. The third-order valence-electron chi connectivity index (χ3n) is 5.23. The van der Waals surface area contributed by atoms with Crippen LogP contribution in [0.25, 0.3) is 0 Å². The van der Waals surface area contributed by atoms with Crippen LogP contribution in [0.2, 0.25) is 0 Å². The molecule has 0 aromatic carbocycles. The number of hydrogen-bond donors (Lipinski definition) is 0. The second-order valence-corrected chi connectivity index (χ2v) is 8.87. The van der Waals surface area contributed by atoms with Crippen LogP contribution in [0.1, 0.15) is 85.8 Å². The summed E-state index contributed by atoms with van der Waals surface area (Å²) in [5.74, 6) is 0.749. The minimum absolute atomic E-state index is 0.0181. The molecule has 0 spiro atoms. The summed E-state index contributed by atoms with van der Waals surface area (Å²) in [6, 6.07) is 4.88. The van der Waals surface area contributed by atoms with Gasteiger partial charge in [0.1, 0.15) is 11.4 Å². The molecule has 2 rings (SSSR count). The van der Waals surface area contributed by atoms with Gasteiger partial charge in [0.15, 0.2) is 0 Å². The van der Waals surface area contributed by atoms with E-state index in [2.05, 4.69) is 43.6 Å². The van der Waals surface area contributed by atoms with Crippen LogP contribution in [0.5, 0.6) is 0 Å². The highest BCUT2D eigenvalue weighted by atomic mass is 16.6. The van der Waals surface area contributed by atoms with Crippen molar-refractivity contribution in [2.24, 2.45) is 0 Å². The fourth-order valence-electron chi connectivity index (χ4n) is 3.75. The minimum Gasteiger partial charge on any atom is -0.443 e. The van der Waals surface area contributed by atoms with Crippen molar-refractivity contribution in [3.8, 4) is 0 Å². The molecule has 2 heterocycles. The van der Waals surface area contributed by atoms with Gasteiger partial charge in [-0.2, -0.15) is 0 Å². The average Bonchev–Trinajstić information content (AvgIpc) is 2.60. The Balaban J connectivity index is 2.46. The number of carbonyl (C=O) groups excluding carboxylic acids is 1. The van der Waals surface area contributed by atoms with Crippen LogP contribution in [0.4, 0.5) is 10.6 Å². The Morgan fingerprint density at radius 3 is 2.63 bits per heavy atom. The highest BCUT2D eigenvalue weighted by molar-refractivity contribution is 5.88. The summed E-state index contributed by atoms with van der Waals surface area (Å²) in [5, 5.41) is 0. The van der Waals surface area contributed by atoms with Gasteiger partial charge in [0, 0.05) is 29.9 Å². The van der Waals surface area contributed by atoms with Gasteiger partial charge < -0.3 is 4.74 Å². The third kappa shape index (κ3) is 5.44. The molecule has 5 heteroatoms. The van der Waals surface area contributed by atoms with Crippen molar-refractivity contribution in [2.75, 3.05) is 11.4 Å². The number of ether oxygens (including phenoxy) is 1. The molecule has 0 N–H and O–H groups in total. The SMILES string of the molecule is CC[C@H](C)N(C(=O)OC(C)(C)C)c1ncccc1[C@H]1CCCCN1C(C)C. The lowest BCUT2D eigenvalue weighted by Crippen LogP contribution is -2.44. The van der Waals surface area contributed by atoms with Crippen LogP contribution >= 0.6 is 0 Å². The van der Waals surface area contributed by atoms with E-state index in [1.54, 1.807) is 11.1 Å². The van der Waals surface area contributed by atoms with Gasteiger partial charge in [-0.25, -0.2) is 9.78 Å². The maximum Gasteiger partial charge on any atom is 0.416 e. The minimum atomic E-state index is -0.535. The van der Waals surface area contributed by atoms with Gasteiger partial charge in [-0.1, -0.05) is 19.4 Å². The molecule has 1 amide bonds. The van der Waals surface area contributed by atoms with Gasteiger partial charge in [-0.05, 0) is 73.4 Å². The first-order valence-corrected chi connectivity index (χ1v) is 10.4. The Bertz CT molecular complexity index is 624. The molecular formula is C22H37N3O2. The van der Waals surface area contributed by atoms with Crippen molar-refractivity contribution in [3.63, 3.8) is 0 Å². The highest BCUT2D eigenvalue weighted by Crippen LogP contribution is 2.37. The van der Waals surface area contributed by atoms with E-state index in [9.17, 15) is 4.79 Å². The van der Waals surface area contributed by atoms with E-state index < -0.39 is 5.60 Å². The Morgan fingerprint density at radius 2 is 2.04 bits per heavy atom. The summed E-state index contributed by atoms with van der Waals surface area (Å²) in [6.07, 6.45) is 5.83. The second kappa shape index (κ2) is 9.05. The maximum atomic E-state index is 13.1. The average molecular weight is 376 g/mol. The molecular weight excluding hydrogens is 338 g/mol. The summed E-state index contributed by atoms with van der Waals surface area (Å²) in [6.45, 7) is 15.4. The molecule has 152 valence electrons. The van der Waals surface area contributed by atoms with Crippen LogP contribution in [-0.2, 0) is 4.74 Å². The number of rotatable bonds is 5. The quantitative estimate of drug-likeness (QED) is 0.676. The largest absolute Gasteiger partial charge is 0.443 e. The molecule has 1 aliphatic rings. The molecule has 1 aliphatic heterocycles. The second-order valence-electron chi connectivity index (χ2n) is 8.87. The van der Waals surface area contributed by atoms with Crippen molar-refractivity contribution >= 4 is 11.9 Å². The summed E-state index contributed by atoms with van der Waals surface area (Å²) in [7, 11) is 0. The molecule has 0 aliphatic carbocycles. The first-order valence-electron chi connectivity index (χ1n) is 10.4. The smallest absolute Gasteiger partial charge is 0.416 e. The number of nitrogens with zero attached hydrogens (tertiary/aromatic N) is 3. The number of anilines is 1. The van der Waals surface area contributed by atoms with Crippen LogP contribution in [0.3, 0.4) is 0 Å². The fourth-order valence-corrected chi connectivity index (χ4v) is 3.75. The van der Waals surface area contributed by atoms with E-state index in [1.807, 2.05) is 26.8 Å². The van der Waals surface area contributed by atoms with E-state index in [0.717, 1.165) is 30.8 Å². The molecule has 5 nitrogen and oxygen atoms in total. The van der Waals surface area contributed by atoms with Crippen LogP contribution in [0, 0.1) is 0 Å². The first kappa shape index (κ1) is 21.7. The van der Waals surface area contributed by atoms with Crippen molar-refractivity contribution in [3.05, 3.63) is 23.9 Å². The lowest BCUT2D eigenvalue weighted by Gasteiger charge is -2.40. The van der Waals surface area contributed by atoms with E-state index in [-0.39, 0.29) is 18.2 Å². The Morgan fingerprint density at radius 1 is 1.33 bits per heavy atom. The lowest BCUT2D eigenvalue weighted by molar-refractivity contribution is 0.0564. The summed E-state index contributed by atoms with van der Waals surface area (Å²) in [4.78, 5) is 22.0. The van der Waals surface area contributed by atoms with Crippen molar-refractivity contribution in [2.45, 2.75) is 97.9 Å². The van der Waals surface area contributed by atoms with Crippen LogP contribution in [-0.4, -0.2) is 40.2 Å². The fraction of sp³-hybridized carbons (Fsp3) is 0.727. The molecule has 2 atom stereocenters. The van der Waals surface area contributed by atoms with Crippen LogP contribution < -0.4 is 4.90 Å². The lowest BCUT2D eigenvalue weighted by atomic mass is 9.93. The maximum absolute atomic E-state index is 13.1. The van der Waals surface area contributed by atoms with E-state index in [4.69, 9.17) is 4.74 Å². The molecule has 0 saturated carbocycles. The Hall–Kier alpha value is -1.62. The van der Waals surface area contributed by atoms with Gasteiger partial charge in [0.2, 0.25) is 0 Å². The van der Waals surface area contributed by atoms with Gasteiger partial charge in [-0.3, -0.25) is 9.80 Å². The monoisotopic (exact) mass is 375 g/mol. The van der Waals surface area contributed by atoms with E-state index in [1.165, 1.54) is 12.8 Å². The normalized spacial score (nSPS) is 19.8. The van der Waals surface area contributed by atoms with Crippen molar-refractivity contribution < 1.29 is 9.53 Å². The van der Waals surface area contributed by atoms with Crippen molar-refractivity contribution in [1.29, 1.82) is 0 Å². The zero-order chi connectivity index (χ0) is 20.2. The van der Waals surface area contributed by atoms with E-state index in [0.29, 0.717) is 6.04 Å². The van der Waals surface area contributed by atoms with E-state index >= 15 is 0 Å². The number of hydrogen-bond acceptors (Lipinski definition) is 4. The zero-order valence-corrected chi connectivity index (χ0v) is 18.2. The summed E-state index contributed by atoms with van der Waals surface area (Å²) >= 11 is 0. The summed E-state index contributed by atoms with van der Waals surface area (Å²) in [5.41, 5.74) is 0.601. The summed E-state index contributed by atoms with van der Waals surface area (Å²) < 4.78 is 5.73. The highest BCUT2D eigenvalue weighted by Gasteiger charge is 2.34. The van der Waals surface area contributed by atoms with Gasteiger partial charge in [0.25, 0.3) is 0 Å². The molecule has 27 heavy (non-hydrogen) atoms. The number of amides is 1. The zero-order valence-electron chi connectivity index (χ0n) is 18.2. The number of piperidine rings is 1. The molecule has 0 bridgehead atoms. The molecule has 1 aromatic heterocycles. The number of likely N-dealkylation sites (tertiary alicyclic amines) is 1. The van der Waals surface area contributed by atoms with Gasteiger partial charge >= 0.3 is 6.09 Å². The Labute approximate surface area is 165 Å². The first-order chi connectivity index (χ1) is 12.7. The molecule has 1 saturated heterocycles. The molecule has 1 fully saturated rings.